The van der Waals surface area contributed by atoms with Gasteiger partial charge in [0.1, 0.15) is 5.78 Å². The smallest absolute Gasteiger partial charge is 0.303 e. The van der Waals surface area contributed by atoms with Gasteiger partial charge in [-0.25, -0.2) is 0 Å². The van der Waals surface area contributed by atoms with Crippen LogP contribution in [-0.4, -0.2) is 39.3 Å². The molecule has 1 rings (SSSR count). The van der Waals surface area contributed by atoms with Gasteiger partial charge in [-0.1, -0.05) is 44.1 Å². The van der Waals surface area contributed by atoms with Crippen molar-refractivity contribution < 1.29 is 24.9 Å². The monoisotopic (exact) mass is 352 g/mol. The van der Waals surface area contributed by atoms with E-state index in [2.05, 4.69) is 13.0 Å². The Bertz CT molecular complexity index is 469. The molecule has 4 atom stereocenters. The van der Waals surface area contributed by atoms with E-state index in [0.717, 1.165) is 12.8 Å². The average molecular weight is 352 g/mol. The lowest BCUT2D eigenvalue weighted by Crippen LogP contribution is -2.18. The Kier molecular flexibility index (Phi) is 10.3. The Hall–Kier alpha value is -1.46. The Morgan fingerprint density at radius 3 is 2.72 bits per heavy atom. The molecule has 0 radical (unpaired) electrons. The van der Waals surface area contributed by atoms with Crippen molar-refractivity contribution in [1.29, 1.82) is 0 Å². The van der Waals surface area contributed by atoms with Gasteiger partial charge >= 0.3 is 5.97 Å². The Labute approximate surface area is 150 Å². The number of rotatable bonds is 12. The van der Waals surface area contributed by atoms with Gasteiger partial charge in [0.2, 0.25) is 0 Å². The molecule has 0 heterocycles. The molecule has 0 aromatic rings. The highest BCUT2D eigenvalue weighted by molar-refractivity contribution is 5.84. The molecule has 142 valence electrons. The molecule has 3 N–H and O–H groups in total. The zero-order valence-electron chi connectivity index (χ0n) is 15.1. The standard InChI is InChI=1S/C20H32O5/c1-2-3-4-5-6-7-10-16-17(19(23)14-18(16)22)13-12-15(21)9-8-11-20(24)25/h6-7,12-13,15-17,19,21,23H,2-5,8-11,14H2,1H3,(H,24,25)/b7-6-,13-12+/t15-,16-,17+,19+/m0/s1. The lowest BCUT2D eigenvalue weighted by Gasteiger charge is -2.16. The highest BCUT2D eigenvalue weighted by Gasteiger charge is 2.39. The zero-order chi connectivity index (χ0) is 18.7. The fourth-order valence-electron chi connectivity index (χ4n) is 3.22. The van der Waals surface area contributed by atoms with E-state index in [1.807, 2.05) is 6.08 Å². The second-order valence-electron chi connectivity index (χ2n) is 6.86. The van der Waals surface area contributed by atoms with E-state index >= 15 is 0 Å². The summed E-state index contributed by atoms with van der Waals surface area (Å²) in [6.45, 7) is 2.16. The average Bonchev–Trinajstić information content (AvgIpc) is 2.81. The summed E-state index contributed by atoms with van der Waals surface area (Å²) in [5.41, 5.74) is 0. The molecule has 0 aliphatic heterocycles. The van der Waals surface area contributed by atoms with Gasteiger partial charge in [-0.05, 0) is 32.1 Å². The minimum Gasteiger partial charge on any atom is -0.481 e. The highest BCUT2D eigenvalue weighted by Crippen LogP contribution is 2.33. The van der Waals surface area contributed by atoms with Crippen LogP contribution in [0.25, 0.3) is 0 Å². The minimum atomic E-state index is -0.876. The van der Waals surface area contributed by atoms with Crippen molar-refractivity contribution in [3.05, 3.63) is 24.3 Å². The van der Waals surface area contributed by atoms with Crippen molar-refractivity contribution in [3.63, 3.8) is 0 Å². The van der Waals surface area contributed by atoms with Crippen LogP contribution in [0.2, 0.25) is 0 Å². The number of aliphatic carboxylic acids is 1. The number of carbonyl (C=O) groups excluding carboxylic acids is 1. The van der Waals surface area contributed by atoms with Gasteiger partial charge in [0, 0.05) is 24.7 Å². The number of ketones is 1. The van der Waals surface area contributed by atoms with E-state index in [1.165, 1.54) is 12.8 Å². The maximum atomic E-state index is 12.1. The molecule has 5 heteroatoms. The van der Waals surface area contributed by atoms with E-state index in [1.54, 1.807) is 12.2 Å². The van der Waals surface area contributed by atoms with Gasteiger partial charge in [0.15, 0.2) is 0 Å². The van der Waals surface area contributed by atoms with Crippen LogP contribution >= 0.6 is 0 Å². The van der Waals surface area contributed by atoms with Crippen LogP contribution in [0.3, 0.4) is 0 Å². The van der Waals surface area contributed by atoms with Gasteiger partial charge in [0.25, 0.3) is 0 Å². The van der Waals surface area contributed by atoms with Crippen molar-refractivity contribution in [2.24, 2.45) is 11.8 Å². The quantitative estimate of drug-likeness (QED) is 0.370. The molecule has 1 saturated carbocycles. The molecule has 5 nitrogen and oxygen atoms in total. The van der Waals surface area contributed by atoms with Crippen LogP contribution in [0.1, 0.15) is 64.7 Å². The van der Waals surface area contributed by atoms with E-state index < -0.39 is 18.2 Å². The maximum absolute atomic E-state index is 12.1. The number of aliphatic hydroxyl groups excluding tert-OH is 2. The molecule has 0 spiro atoms. The van der Waals surface area contributed by atoms with Crippen LogP contribution in [0.15, 0.2) is 24.3 Å². The van der Waals surface area contributed by atoms with E-state index in [4.69, 9.17) is 5.11 Å². The topological polar surface area (TPSA) is 94.8 Å². The number of carboxylic acids is 1. The molecule has 1 fully saturated rings. The zero-order valence-corrected chi connectivity index (χ0v) is 15.1. The predicted molar refractivity (Wildman–Crippen MR) is 97.1 cm³/mol. The number of unbranched alkanes of at least 4 members (excludes halogenated alkanes) is 3. The van der Waals surface area contributed by atoms with E-state index in [9.17, 15) is 19.8 Å². The van der Waals surface area contributed by atoms with Crippen LogP contribution in [0.5, 0.6) is 0 Å². The lowest BCUT2D eigenvalue weighted by molar-refractivity contribution is -0.137. The summed E-state index contributed by atoms with van der Waals surface area (Å²) in [7, 11) is 0. The van der Waals surface area contributed by atoms with Gasteiger partial charge in [-0.2, -0.15) is 0 Å². The Morgan fingerprint density at radius 1 is 1.28 bits per heavy atom. The van der Waals surface area contributed by atoms with Gasteiger partial charge in [-0.3, -0.25) is 9.59 Å². The summed E-state index contributed by atoms with van der Waals surface area (Å²) in [4.78, 5) is 22.6. The first-order valence-corrected chi connectivity index (χ1v) is 9.39. The molecular weight excluding hydrogens is 320 g/mol. The summed E-state index contributed by atoms with van der Waals surface area (Å²) in [6.07, 6.45) is 12.1. The lowest BCUT2D eigenvalue weighted by atomic mass is 9.90. The van der Waals surface area contributed by atoms with Crippen molar-refractivity contribution in [2.45, 2.75) is 76.9 Å². The van der Waals surface area contributed by atoms with E-state index in [-0.39, 0.29) is 30.5 Å². The largest absolute Gasteiger partial charge is 0.481 e. The summed E-state index contributed by atoms with van der Waals surface area (Å²) in [5.74, 6) is -1.32. The second-order valence-corrected chi connectivity index (χ2v) is 6.86. The molecule has 0 unspecified atom stereocenters. The highest BCUT2D eigenvalue weighted by atomic mass is 16.4. The van der Waals surface area contributed by atoms with Crippen molar-refractivity contribution in [3.8, 4) is 0 Å². The van der Waals surface area contributed by atoms with Gasteiger partial charge in [0.05, 0.1) is 12.2 Å². The van der Waals surface area contributed by atoms with Gasteiger partial charge in [-0.15, -0.1) is 0 Å². The van der Waals surface area contributed by atoms with Crippen LogP contribution in [-0.2, 0) is 9.59 Å². The number of hydrogen-bond acceptors (Lipinski definition) is 4. The van der Waals surface area contributed by atoms with Gasteiger partial charge < -0.3 is 15.3 Å². The number of aliphatic hydroxyl groups is 2. The third-order valence-corrected chi connectivity index (χ3v) is 4.71. The summed E-state index contributed by atoms with van der Waals surface area (Å²) < 4.78 is 0. The first-order valence-electron chi connectivity index (χ1n) is 9.39. The summed E-state index contributed by atoms with van der Waals surface area (Å²) in [6, 6.07) is 0. The molecule has 0 aromatic heterocycles. The molecule has 1 aliphatic rings. The number of allylic oxidation sites excluding steroid dienone is 2. The molecule has 0 saturated heterocycles. The Balaban J connectivity index is 2.49. The second kappa shape index (κ2) is 12.0. The van der Waals surface area contributed by atoms with Crippen molar-refractivity contribution >= 4 is 11.8 Å². The Morgan fingerprint density at radius 2 is 2.04 bits per heavy atom. The number of Topliss-reactive ketones (excluding diaryl/α,β-unsaturated/α-hetero) is 1. The molecule has 25 heavy (non-hydrogen) atoms. The number of carbonyl (C=O) groups is 2. The number of carboxylic acid groups (broad SMARTS) is 1. The third-order valence-electron chi connectivity index (χ3n) is 4.71. The molecule has 0 amide bonds. The first-order chi connectivity index (χ1) is 12.0. The van der Waals surface area contributed by atoms with Crippen molar-refractivity contribution in [1.82, 2.24) is 0 Å². The third kappa shape index (κ3) is 8.45. The van der Waals surface area contributed by atoms with E-state index in [0.29, 0.717) is 19.3 Å². The molecular formula is C20H32O5. The molecule has 0 bridgehead atoms. The van der Waals surface area contributed by atoms with Crippen LogP contribution in [0, 0.1) is 11.8 Å². The SMILES string of the molecule is CCCCC/C=C\C[C@@H]1C(=O)C[C@@H](O)[C@@H]1/C=C/[C@@H](O)CCCC(=O)O. The fraction of sp³-hybridized carbons (Fsp3) is 0.700. The predicted octanol–water partition coefficient (Wildman–Crippen LogP) is 3.25. The van der Waals surface area contributed by atoms with Crippen molar-refractivity contribution in [2.75, 3.05) is 0 Å². The molecule has 0 aromatic carbocycles. The fourth-order valence-corrected chi connectivity index (χ4v) is 3.22. The molecule has 1 aliphatic carbocycles. The normalized spacial score (nSPS) is 25.2. The maximum Gasteiger partial charge on any atom is 0.303 e. The summed E-state index contributed by atoms with van der Waals surface area (Å²) >= 11 is 0. The first kappa shape index (κ1) is 21.6. The van der Waals surface area contributed by atoms with Crippen LogP contribution in [0.4, 0.5) is 0 Å². The minimum absolute atomic E-state index is 0.0287. The van der Waals surface area contributed by atoms with Crippen LogP contribution < -0.4 is 0 Å². The summed E-state index contributed by atoms with van der Waals surface area (Å²) in [5, 5.41) is 28.6. The number of hydrogen-bond donors (Lipinski definition) is 3.